The van der Waals surface area contributed by atoms with Crippen molar-refractivity contribution >= 4 is 5.91 Å². The maximum atomic E-state index is 12.8. The lowest BCUT2D eigenvalue weighted by Gasteiger charge is -2.18. The minimum atomic E-state index is -4.38. The van der Waals surface area contributed by atoms with Gasteiger partial charge in [0.15, 0.2) is 0 Å². The molecule has 0 atom stereocenters. The Kier molecular flexibility index (Phi) is 6.24. The maximum Gasteiger partial charge on any atom is 0.416 e. The molecule has 8 heteroatoms. The second-order valence-corrected chi connectivity index (χ2v) is 8.09. The molecular weight excluding hydrogens is 443 g/mol. The highest BCUT2D eigenvalue weighted by molar-refractivity contribution is 5.94. The second-order valence-electron chi connectivity index (χ2n) is 8.09. The molecule has 5 nitrogen and oxygen atoms in total. The van der Waals surface area contributed by atoms with Crippen LogP contribution in [0, 0.1) is 13.8 Å². The Labute approximate surface area is 194 Å². The minimum Gasteiger partial charge on any atom is -0.421 e. The Morgan fingerprint density at radius 2 is 1.56 bits per heavy atom. The summed E-state index contributed by atoms with van der Waals surface area (Å²) in [5.41, 5.74) is 4.15. The standard InChI is InChI=1S/C26H22F3N3O2/c1-16-4-7-21(24-31-30-17(2)34-24)14-23(16)19-8-10-20(11-9-19)25(33)32(3)15-18-5-12-22(13-6-18)26(27,28)29/h4-14H,15H2,1-3H3. The Balaban J connectivity index is 1.49. The van der Waals surface area contributed by atoms with E-state index in [9.17, 15) is 18.0 Å². The van der Waals surface area contributed by atoms with Gasteiger partial charge in [0, 0.05) is 31.6 Å². The van der Waals surface area contributed by atoms with Gasteiger partial charge in [-0.2, -0.15) is 13.2 Å². The summed E-state index contributed by atoms with van der Waals surface area (Å²) in [5, 5.41) is 7.94. The van der Waals surface area contributed by atoms with Crippen molar-refractivity contribution in [3.05, 3.63) is 94.9 Å². The van der Waals surface area contributed by atoms with Crippen LogP contribution in [0.2, 0.25) is 0 Å². The highest BCUT2D eigenvalue weighted by Gasteiger charge is 2.30. The largest absolute Gasteiger partial charge is 0.421 e. The van der Waals surface area contributed by atoms with Crippen molar-refractivity contribution in [3.63, 3.8) is 0 Å². The molecule has 1 amide bonds. The van der Waals surface area contributed by atoms with E-state index in [0.29, 0.717) is 22.9 Å². The average Bonchev–Trinajstić information content (AvgIpc) is 3.25. The Morgan fingerprint density at radius 1 is 0.912 bits per heavy atom. The van der Waals surface area contributed by atoms with E-state index in [4.69, 9.17) is 4.42 Å². The van der Waals surface area contributed by atoms with Crippen molar-refractivity contribution in [1.29, 1.82) is 0 Å². The normalized spacial score (nSPS) is 11.5. The van der Waals surface area contributed by atoms with E-state index in [0.717, 1.165) is 34.4 Å². The van der Waals surface area contributed by atoms with Crippen LogP contribution in [0.4, 0.5) is 13.2 Å². The van der Waals surface area contributed by atoms with Gasteiger partial charge in [-0.1, -0.05) is 30.3 Å². The van der Waals surface area contributed by atoms with E-state index < -0.39 is 11.7 Å². The van der Waals surface area contributed by atoms with Crippen LogP contribution in [0.15, 0.2) is 71.1 Å². The number of nitrogens with zero attached hydrogens (tertiary/aromatic N) is 3. The number of halogens is 3. The zero-order chi connectivity index (χ0) is 24.5. The van der Waals surface area contributed by atoms with Gasteiger partial charge in [0.05, 0.1) is 5.56 Å². The van der Waals surface area contributed by atoms with Gasteiger partial charge < -0.3 is 9.32 Å². The zero-order valence-electron chi connectivity index (χ0n) is 18.8. The summed E-state index contributed by atoms with van der Waals surface area (Å²) >= 11 is 0. The van der Waals surface area contributed by atoms with Crippen molar-refractivity contribution in [2.45, 2.75) is 26.6 Å². The smallest absolute Gasteiger partial charge is 0.416 e. The van der Waals surface area contributed by atoms with Crippen LogP contribution in [-0.4, -0.2) is 28.1 Å². The van der Waals surface area contributed by atoms with E-state index in [2.05, 4.69) is 10.2 Å². The van der Waals surface area contributed by atoms with Crippen LogP contribution < -0.4 is 0 Å². The fraction of sp³-hybridized carbons (Fsp3) is 0.192. The SMILES string of the molecule is Cc1nnc(-c2ccc(C)c(-c3ccc(C(=O)N(C)Cc4ccc(C(F)(F)F)cc4)cc3)c2)o1. The third-order valence-electron chi connectivity index (χ3n) is 5.50. The molecule has 0 radical (unpaired) electrons. The lowest BCUT2D eigenvalue weighted by Crippen LogP contribution is -2.26. The van der Waals surface area contributed by atoms with Gasteiger partial charge in [-0.15, -0.1) is 10.2 Å². The average molecular weight is 465 g/mol. The summed E-state index contributed by atoms with van der Waals surface area (Å²) in [5.74, 6) is 0.703. The van der Waals surface area contributed by atoms with Gasteiger partial charge in [-0.25, -0.2) is 0 Å². The first kappa shape index (κ1) is 23.2. The zero-order valence-corrected chi connectivity index (χ0v) is 18.8. The molecule has 0 aliphatic heterocycles. The molecule has 0 saturated heterocycles. The predicted octanol–water partition coefficient (Wildman–Crippen LogP) is 6.31. The van der Waals surface area contributed by atoms with Crippen LogP contribution in [0.5, 0.6) is 0 Å². The molecule has 0 aliphatic carbocycles. The first-order valence-corrected chi connectivity index (χ1v) is 10.5. The van der Waals surface area contributed by atoms with Crippen molar-refractivity contribution in [2.24, 2.45) is 0 Å². The molecular formula is C26H22F3N3O2. The molecule has 4 aromatic rings. The van der Waals surface area contributed by atoms with Crippen molar-refractivity contribution in [2.75, 3.05) is 7.05 Å². The Morgan fingerprint density at radius 3 is 2.15 bits per heavy atom. The molecule has 0 spiro atoms. The summed E-state index contributed by atoms with van der Waals surface area (Å²) in [6.07, 6.45) is -4.38. The molecule has 0 saturated carbocycles. The molecule has 0 aliphatic rings. The van der Waals surface area contributed by atoms with Crippen LogP contribution >= 0.6 is 0 Å². The third kappa shape index (κ3) is 5.01. The number of hydrogen-bond donors (Lipinski definition) is 0. The molecule has 174 valence electrons. The number of carbonyl (C=O) groups excluding carboxylic acids is 1. The fourth-order valence-corrected chi connectivity index (χ4v) is 3.64. The van der Waals surface area contributed by atoms with Crippen molar-refractivity contribution in [1.82, 2.24) is 15.1 Å². The predicted molar refractivity (Wildman–Crippen MR) is 122 cm³/mol. The quantitative estimate of drug-likeness (QED) is 0.347. The van der Waals surface area contributed by atoms with Crippen LogP contribution in [0.1, 0.15) is 32.9 Å². The molecule has 1 aromatic heterocycles. The van der Waals surface area contributed by atoms with E-state index in [1.54, 1.807) is 26.1 Å². The highest BCUT2D eigenvalue weighted by Crippen LogP contribution is 2.30. The number of aryl methyl sites for hydroxylation is 2. The molecule has 0 N–H and O–H groups in total. The maximum absolute atomic E-state index is 12.8. The topological polar surface area (TPSA) is 59.2 Å². The van der Waals surface area contributed by atoms with E-state index in [-0.39, 0.29) is 12.5 Å². The second kappa shape index (κ2) is 9.13. The van der Waals surface area contributed by atoms with Crippen molar-refractivity contribution < 1.29 is 22.4 Å². The van der Waals surface area contributed by atoms with Crippen molar-refractivity contribution in [3.8, 4) is 22.6 Å². The molecule has 0 fully saturated rings. The number of alkyl halides is 3. The van der Waals surface area contributed by atoms with Gasteiger partial charge in [-0.3, -0.25) is 4.79 Å². The number of benzene rings is 3. The first-order chi connectivity index (χ1) is 16.1. The third-order valence-corrected chi connectivity index (χ3v) is 5.50. The van der Waals surface area contributed by atoms with Gasteiger partial charge >= 0.3 is 6.18 Å². The number of aromatic nitrogens is 2. The van der Waals surface area contributed by atoms with E-state index >= 15 is 0 Å². The molecule has 0 unspecified atom stereocenters. The summed E-state index contributed by atoms with van der Waals surface area (Å²) in [4.78, 5) is 14.3. The molecule has 34 heavy (non-hydrogen) atoms. The summed E-state index contributed by atoms with van der Waals surface area (Å²) in [6, 6.07) is 17.9. The van der Waals surface area contributed by atoms with Gasteiger partial charge in [0.25, 0.3) is 5.91 Å². The highest BCUT2D eigenvalue weighted by atomic mass is 19.4. The van der Waals surface area contributed by atoms with Crippen LogP contribution in [-0.2, 0) is 12.7 Å². The summed E-state index contributed by atoms with van der Waals surface area (Å²) in [6.45, 7) is 3.93. The van der Waals surface area contributed by atoms with Gasteiger partial charge in [0.1, 0.15) is 0 Å². The van der Waals surface area contributed by atoms with E-state index in [1.807, 2.05) is 37.3 Å². The van der Waals surface area contributed by atoms with Crippen LogP contribution in [0.3, 0.4) is 0 Å². The Hall–Kier alpha value is -3.94. The Bertz CT molecular complexity index is 1310. The number of hydrogen-bond acceptors (Lipinski definition) is 4. The van der Waals surface area contributed by atoms with Gasteiger partial charge in [0.2, 0.25) is 11.8 Å². The summed E-state index contributed by atoms with van der Waals surface area (Å²) in [7, 11) is 1.62. The minimum absolute atomic E-state index is 0.198. The van der Waals surface area contributed by atoms with Gasteiger partial charge in [-0.05, 0) is 65.6 Å². The van der Waals surface area contributed by atoms with Crippen LogP contribution in [0.25, 0.3) is 22.6 Å². The first-order valence-electron chi connectivity index (χ1n) is 10.5. The fourth-order valence-electron chi connectivity index (χ4n) is 3.64. The number of rotatable bonds is 5. The lowest BCUT2D eigenvalue weighted by molar-refractivity contribution is -0.137. The summed E-state index contributed by atoms with van der Waals surface area (Å²) < 4.78 is 43.8. The monoisotopic (exact) mass is 465 g/mol. The van der Waals surface area contributed by atoms with E-state index in [1.165, 1.54) is 17.0 Å². The molecule has 3 aromatic carbocycles. The molecule has 1 heterocycles. The lowest BCUT2D eigenvalue weighted by atomic mass is 9.97. The number of carbonyl (C=O) groups is 1. The molecule has 0 bridgehead atoms. The number of amides is 1. The molecule has 4 rings (SSSR count).